The summed E-state index contributed by atoms with van der Waals surface area (Å²) in [5.74, 6) is 0. The fraction of sp³-hybridized carbons (Fsp3) is 0.0714. The highest BCUT2D eigenvalue weighted by Gasteiger charge is 2.15. The fourth-order valence-electron chi connectivity index (χ4n) is 1.72. The number of nitro groups is 1. The van der Waals surface area contributed by atoms with Gasteiger partial charge in [0.15, 0.2) is 0 Å². The number of nitrogens with zero attached hydrogens (tertiary/aromatic N) is 2. The van der Waals surface area contributed by atoms with Gasteiger partial charge in [-0.2, -0.15) is 18.4 Å². The molecule has 0 unspecified atom stereocenters. The van der Waals surface area contributed by atoms with Crippen molar-refractivity contribution >= 4 is 27.1 Å². The summed E-state index contributed by atoms with van der Waals surface area (Å²) in [6, 6.07) is 11.3. The highest BCUT2D eigenvalue weighted by Crippen LogP contribution is 2.15. The molecule has 3 N–H and O–H groups in total. The molecule has 0 fully saturated rings. The van der Waals surface area contributed by atoms with Crippen LogP contribution in [0.5, 0.6) is 0 Å². The molecule has 0 bridgehead atoms. The lowest BCUT2D eigenvalue weighted by Crippen LogP contribution is -2.20. The molecular formula is C14H14N4O4S. The lowest BCUT2D eigenvalue weighted by Gasteiger charge is -2.05. The molecule has 23 heavy (non-hydrogen) atoms. The van der Waals surface area contributed by atoms with Crippen LogP contribution in [-0.4, -0.2) is 19.1 Å². The standard InChI is InChI=1S/C14H14N4O4S/c1-10(11-2-4-12(15)5-3-11)16-17-23(21,22)14-8-6-13(7-9-14)18(19)20/h2-9,17H,15H2,1H3/b16-10-. The number of non-ortho nitro benzene ring substituents is 1. The molecule has 0 saturated carbocycles. The Morgan fingerprint density at radius 1 is 1.13 bits per heavy atom. The molecule has 9 heteroatoms. The molecule has 2 aromatic carbocycles. The average molecular weight is 334 g/mol. The monoisotopic (exact) mass is 334 g/mol. The normalized spacial score (nSPS) is 12.0. The highest BCUT2D eigenvalue weighted by molar-refractivity contribution is 7.89. The first-order valence-corrected chi connectivity index (χ1v) is 7.94. The van der Waals surface area contributed by atoms with Crippen molar-refractivity contribution in [3.8, 4) is 0 Å². The van der Waals surface area contributed by atoms with Crippen LogP contribution in [0.25, 0.3) is 0 Å². The Hall–Kier alpha value is -2.94. The van der Waals surface area contributed by atoms with Gasteiger partial charge in [-0.25, -0.2) is 0 Å². The van der Waals surface area contributed by atoms with Crippen LogP contribution in [0.1, 0.15) is 12.5 Å². The van der Waals surface area contributed by atoms with Crippen LogP contribution >= 0.6 is 0 Å². The number of hydrazone groups is 1. The summed E-state index contributed by atoms with van der Waals surface area (Å²) in [7, 11) is -3.90. The van der Waals surface area contributed by atoms with E-state index in [2.05, 4.69) is 9.93 Å². The van der Waals surface area contributed by atoms with Gasteiger partial charge in [-0.1, -0.05) is 12.1 Å². The van der Waals surface area contributed by atoms with Crippen LogP contribution in [0.2, 0.25) is 0 Å². The Balaban J connectivity index is 2.18. The number of benzene rings is 2. The maximum Gasteiger partial charge on any atom is 0.276 e. The summed E-state index contributed by atoms with van der Waals surface area (Å²) in [6.45, 7) is 1.64. The SMILES string of the molecule is C/C(=N/NS(=O)(=O)c1ccc([N+](=O)[O-])cc1)c1ccc(N)cc1. The minimum atomic E-state index is -3.90. The zero-order valence-electron chi connectivity index (χ0n) is 12.1. The highest BCUT2D eigenvalue weighted by atomic mass is 32.2. The molecule has 120 valence electrons. The van der Waals surface area contributed by atoms with E-state index in [-0.39, 0.29) is 10.6 Å². The van der Waals surface area contributed by atoms with E-state index in [9.17, 15) is 18.5 Å². The largest absolute Gasteiger partial charge is 0.399 e. The van der Waals surface area contributed by atoms with Gasteiger partial charge in [0.1, 0.15) is 0 Å². The predicted octanol–water partition coefficient (Wildman–Crippen LogP) is 1.88. The van der Waals surface area contributed by atoms with E-state index in [4.69, 9.17) is 5.73 Å². The van der Waals surface area contributed by atoms with E-state index in [0.29, 0.717) is 17.0 Å². The molecule has 0 atom stereocenters. The Morgan fingerprint density at radius 3 is 2.22 bits per heavy atom. The van der Waals surface area contributed by atoms with Crippen molar-refractivity contribution in [1.29, 1.82) is 0 Å². The van der Waals surface area contributed by atoms with Gasteiger partial charge < -0.3 is 5.73 Å². The number of anilines is 1. The third-order valence-electron chi connectivity index (χ3n) is 3.02. The molecule has 8 nitrogen and oxygen atoms in total. The van der Waals surface area contributed by atoms with Crippen LogP contribution in [0, 0.1) is 10.1 Å². The van der Waals surface area contributed by atoms with Gasteiger partial charge in [-0.15, -0.1) is 0 Å². The van der Waals surface area contributed by atoms with Gasteiger partial charge >= 0.3 is 0 Å². The predicted molar refractivity (Wildman–Crippen MR) is 86.5 cm³/mol. The van der Waals surface area contributed by atoms with E-state index < -0.39 is 14.9 Å². The van der Waals surface area contributed by atoms with E-state index in [0.717, 1.165) is 24.3 Å². The van der Waals surface area contributed by atoms with E-state index in [1.165, 1.54) is 0 Å². The molecule has 0 radical (unpaired) electrons. The minimum absolute atomic E-state index is 0.114. The van der Waals surface area contributed by atoms with Gasteiger partial charge in [0, 0.05) is 17.8 Å². The number of nitro benzene ring substituents is 1. The number of hydrogen-bond donors (Lipinski definition) is 2. The Kier molecular flexibility index (Phi) is 4.60. The summed E-state index contributed by atoms with van der Waals surface area (Å²) in [5, 5.41) is 14.4. The molecule has 0 aromatic heterocycles. The summed E-state index contributed by atoms with van der Waals surface area (Å²) < 4.78 is 24.2. The van der Waals surface area contributed by atoms with E-state index in [1.54, 1.807) is 31.2 Å². The second-order valence-corrected chi connectivity index (χ2v) is 6.33. The lowest BCUT2D eigenvalue weighted by atomic mass is 10.1. The fourth-order valence-corrected chi connectivity index (χ4v) is 2.57. The van der Waals surface area contributed by atoms with Gasteiger partial charge in [-0.3, -0.25) is 10.1 Å². The molecule has 0 saturated heterocycles. The third-order valence-corrected chi connectivity index (χ3v) is 4.24. The average Bonchev–Trinajstić information content (AvgIpc) is 2.53. The van der Waals surface area contributed by atoms with Crippen molar-refractivity contribution < 1.29 is 13.3 Å². The van der Waals surface area contributed by atoms with Crippen molar-refractivity contribution in [2.75, 3.05) is 5.73 Å². The molecular weight excluding hydrogens is 320 g/mol. The number of nitrogens with two attached hydrogens (primary N) is 1. The third kappa shape index (κ3) is 4.04. The first-order valence-electron chi connectivity index (χ1n) is 6.46. The first-order chi connectivity index (χ1) is 10.8. The molecule has 0 aliphatic carbocycles. The number of nitrogens with one attached hydrogen (secondary N) is 1. The Labute approximate surface area is 132 Å². The zero-order chi connectivity index (χ0) is 17.0. The van der Waals surface area contributed by atoms with Crippen LogP contribution in [0.3, 0.4) is 0 Å². The van der Waals surface area contributed by atoms with E-state index >= 15 is 0 Å². The van der Waals surface area contributed by atoms with Crippen molar-refractivity contribution in [2.24, 2.45) is 5.10 Å². The Bertz CT molecular complexity index is 843. The number of nitrogen functional groups attached to an aromatic ring is 1. The topological polar surface area (TPSA) is 128 Å². The second kappa shape index (κ2) is 6.44. The van der Waals surface area contributed by atoms with Crippen LogP contribution in [0.4, 0.5) is 11.4 Å². The van der Waals surface area contributed by atoms with E-state index in [1.807, 2.05) is 0 Å². The summed E-state index contributed by atoms with van der Waals surface area (Å²) in [4.78, 5) is 11.9. The summed E-state index contributed by atoms with van der Waals surface area (Å²) in [6.07, 6.45) is 0. The van der Waals surface area contributed by atoms with Crippen molar-refractivity contribution in [3.63, 3.8) is 0 Å². The van der Waals surface area contributed by atoms with Crippen LogP contribution < -0.4 is 10.6 Å². The van der Waals surface area contributed by atoms with Gasteiger partial charge in [0.25, 0.3) is 15.7 Å². The van der Waals surface area contributed by atoms with Crippen molar-refractivity contribution in [1.82, 2.24) is 4.83 Å². The molecule has 0 aliphatic rings. The molecule has 2 rings (SSSR count). The number of hydrogen-bond acceptors (Lipinski definition) is 6. The maximum absolute atomic E-state index is 12.1. The number of rotatable bonds is 5. The van der Waals surface area contributed by atoms with Gasteiger partial charge in [-0.05, 0) is 36.8 Å². The molecule has 0 spiro atoms. The molecule has 0 heterocycles. The smallest absolute Gasteiger partial charge is 0.276 e. The molecule has 0 aliphatic heterocycles. The van der Waals surface area contributed by atoms with Crippen molar-refractivity contribution in [3.05, 3.63) is 64.2 Å². The molecule has 2 aromatic rings. The maximum atomic E-state index is 12.1. The van der Waals surface area contributed by atoms with Gasteiger partial charge in [0.2, 0.25) is 0 Å². The summed E-state index contributed by atoms with van der Waals surface area (Å²) >= 11 is 0. The zero-order valence-corrected chi connectivity index (χ0v) is 12.9. The Morgan fingerprint density at radius 2 is 1.70 bits per heavy atom. The lowest BCUT2D eigenvalue weighted by molar-refractivity contribution is -0.384. The first kappa shape index (κ1) is 16.4. The second-order valence-electron chi connectivity index (χ2n) is 4.66. The van der Waals surface area contributed by atoms with Crippen LogP contribution in [0.15, 0.2) is 58.5 Å². The molecule has 0 amide bonds. The summed E-state index contributed by atoms with van der Waals surface area (Å²) in [5.41, 5.74) is 7.15. The van der Waals surface area contributed by atoms with Gasteiger partial charge in [0.05, 0.1) is 15.5 Å². The van der Waals surface area contributed by atoms with Crippen molar-refractivity contribution in [2.45, 2.75) is 11.8 Å². The quantitative estimate of drug-likeness (QED) is 0.373. The van der Waals surface area contributed by atoms with Crippen LogP contribution in [-0.2, 0) is 10.0 Å². The minimum Gasteiger partial charge on any atom is -0.399 e. The number of sulfonamides is 1.